The van der Waals surface area contributed by atoms with Crippen LogP contribution in [0.25, 0.3) is 0 Å². The number of aromatic carboxylic acids is 1. The first-order valence-electron chi connectivity index (χ1n) is 5.57. The summed E-state index contributed by atoms with van der Waals surface area (Å²) < 4.78 is 30.9. The van der Waals surface area contributed by atoms with Crippen LogP contribution in [0.1, 0.15) is 37.1 Å². The van der Waals surface area contributed by atoms with Crippen LogP contribution in [0.15, 0.2) is 15.4 Å². The molecule has 1 aromatic rings. The predicted molar refractivity (Wildman–Crippen MR) is 65.1 cm³/mol. The zero-order valence-electron chi connectivity index (χ0n) is 10.8. The molecular weight excluding hydrogens is 258 g/mol. The Balaban J connectivity index is 3.32. The second-order valence-corrected chi connectivity index (χ2v) is 6.00. The van der Waals surface area contributed by atoms with Gasteiger partial charge in [-0.05, 0) is 20.8 Å². The molecule has 0 saturated carbocycles. The Morgan fingerprint density at radius 1 is 1.50 bits per heavy atom. The lowest BCUT2D eigenvalue weighted by atomic mass is 10.4. The molecule has 0 aliphatic rings. The number of sulfonamides is 1. The van der Waals surface area contributed by atoms with Crippen LogP contribution in [0.3, 0.4) is 0 Å². The molecule has 7 heteroatoms. The maximum atomic E-state index is 12.3. The number of carboxylic acid groups (broad SMARTS) is 1. The van der Waals surface area contributed by atoms with Gasteiger partial charge in [-0.25, -0.2) is 13.2 Å². The van der Waals surface area contributed by atoms with E-state index >= 15 is 0 Å². The molecule has 0 saturated heterocycles. The third-order valence-corrected chi connectivity index (χ3v) is 4.82. The summed E-state index contributed by atoms with van der Waals surface area (Å²) in [6.07, 6.45) is 0. The van der Waals surface area contributed by atoms with Crippen LogP contribution in [0.2, 0.25) is 0 Å². The molecule has 0 aliphatic heterocycles. The van der Waals surface area contributed by atoms with Crippen LogP contribution < -0.4 is 0 Å². The first kappa shape index (κ1) is 14.7. The standard InChI is InChI=1S/C11H17NO5S/c1-5-12(7(2)3)18(15,16)10-6-9(11(13)14)17-8(10)4/h6-7H,5H2,1-4H3,(H,13,14). The van der Waals surface area contributed by atoms with Gasteiger partial charge in [-0.2, -0.15) is 4.31 Å². The van der Waals surface area contributed by atoms with E-state index in [1.165, 1.54) is 11.2 Å². The molecule has 0 radical (unpaired) electrons. The Labute approximate surface area is 106 Å². The second kappa shape index (κ2) is 5.11. The summed E-state index contributed by atoms with van der Waals surface area (Å²) in [7, 11) is -3.72. The van der Waals surface area contributed by atoms with Crippen LogP contribution in [0.5, 0.6) is 0 Å². The van der Waals surface area contributed by atoms with Crippen molar-refractivity contribution >= 4 is 16.0 Å². The molecule has 0 aliphatic carbocycles. The highest BCUT2D eigenvalue weighted by Gasteiger charge is 2.30. The van der Waals surface area contributed by atoms with E-state index in [2.05, 4.69) is 0 Å². The maximum absolute atomic E-state index is 12.3. The lowest BCUT2D eigenvalue weighted by molar-refractivity contribution is 0.0661. The Morgan fingerprint density at radius 2 is 2.06 bits per heavy atom. The zero-order chi connectivity index (χ0) is 14.1. The van der Waals surface area contributed by atoms with Gasteiger partial charge in [-0.3, -0.25) is 0 Å². The van der Waals surface area contributed by atoms with Crippen molar-refractivity contribution in [3.05, 3.63) is 17.6 Å². The molecule has 0 aromatic carbocycles. The molecule has 1 N–H and O–H groups in total. The predicted octanol–water partition coefficient (Wildman–Crippen LogP) is 1.71. The minimum Gasteiger partial charge on any atom is -0.475 e. The van der Waals surface area contributed by atoms with Crippen LogP contribution >= 0.6 is 0 Å². The maximum Gasteiger partial charge on any atom is 0.371 e. The van der Waals surface area contributed by atoms with Crippen molar-refractivity contribution in [1.82, 2.24) is 4.31 Å². The molecule has 0 unspecified atom stereocenters. The van der Waals surface area contributed by atoms with Gasteiger partial charge in [0.2, 0.25) is 15.8 Å². The largest absolute Gasteiger partial charge is 0.475 e. The van der Waals surface area contributed by atoms with Gasteiger partial charge < -0.3 is 9.52 Å². The Kier molecular flexibility index (Phi) is 4.18. The average molecular weight is 275 g/mol. The van der Waals surface area contributed by atoms with E-state index in [0.29, 0.717) is 6.54 Å². The lowest BCUT2D eigenvalue weighted by Gasteiger charge is -2.23. The summed E-state index contributed by atoms with van der Waals surface area (Å²) in [5.41, 5.74) is 0. The molecule has 0 amide bonds. The monoisotopic (exact) mass is 275 g/mol. The molecule has 1 aromatic heterocycles. The highest BCUT2D eigenvalue weighted by atomic mass is 32.2. The van der Waals surface area contributed by atoms with Crippen molar-refractivity contribution in [2.45, 2.75) is 38.6 Å². The normalized spacial score (nSPS) is 12.3. The van der Waals surface area contributed by atoms with Crippen molar-refractivity contribution in [2.24, 2.45) is 0 Å². The zero-order valence-corrected chi connectivity index (χ0v) is 11.6. The van der Waals surface area contributed by atoms with Crippen LogP contribution in [-0.4, -0.2) is 36.4 Å². The van der Waals surface area contributed by atoms with Crippen molar-refractivity contribution < 1.29 is 22.7 Å². The van der Waals surface area contributed by atoms with Crippen molar-refractivity contribution in [1.29, 1.82) is 0 Å². The molecular formula is C11H17NO5S. The van der Waals surface area contributed by atoms with E-state index in [9.17, 15) is 13.2 Å². The molecule has 0 atom stereocenters. The number of furan rings is 1. The summed E-state index contributed by atoms with van der Waals surface area (Å²) in [6, 6.07) is 0.848. The fourth-order valence-electron chi connectivity index (χ4n) is 1.77. The van der Waals surface area contributed by atoms with Gasteiger partial charge in [0.1, 0.15) is 10.7 Å². The van der Waals surface area contributed by atoms with E-state index < -0.39 is 16.0 Å². The molecule has 0 bridgehead atoms. The van der Waals surface area contributed by atoms with Gasteiger partial charge in [0, 0.05) is 18.7 Å². The number of hydrogen-bond donors (Lipinski definition) is 1. The van der Waals surface area contributed by atoms with Gasteiger partial charge in [-0.15, -0.1) is 0 Å². The topological polar surface area (TPSA) is 87.8 Å². The minimum absolute atomic E-state index is 0.0875. The molecule has 1 heterocycles. The van der Waals surface area contributed by atoms with E-state index in [1.807, 2.05) is 0 Å². The summed E-state index contributed by atoms with van der Waals surface area (Å²) >= 11 is 0. The molecule has 102 valence electrons. The summed E-state index contributed by atoms with van der Waals surface area (Å²) in [5.74, 6) is -1.57. The average Bonchev–Trinajstić information content (AvgIpc) is 2.60. The molecule has 0 fully saturated rings. The SMILES string of the molecule is CCN(C(C)C)S(=O)(=O)c1cc(C(=O)O)oc1C. The minimum atomic E-state index is -3.72. The highest BCUT2D eigenvalue weighted by Crippen LogP contribution is 2.24. The molecule has 18 heavy (non-hydrogen) atoms. The van der Waals surface area contributed by atoms with Crippen molar-refractivity contribution in [3.63, 3.8) is 0 Å². The van der Waals surface area contributed by atoms with Gasteiger partial charge >= 0.3 is 5.97 Å². The van der Waals surface area contributed by atoms with Crippen molar-refractivity contribution in [3.8, 4) is 0 Å². The Bertz CT molecular complexity index is 544. The summed E-state index contributed by atoms with van der Waals surface area (Å²) in [6.45, 7) is 6.99. The number of aryl methyl sites for hydroxylation is 1. The van der Waals surface area contributed by atoms with Gasteiger partial charge in [0.25, 0.3) is 0 Å². The third-order valence-electron chi connectivity index (χ3n) is 2.56. The lowest BCUT2D eigenvalue weighted by Crippen LogP contribution is -2.36. The first-order valence-corrected chi connectivity index (χ1v) is 7.01. The Morgan fingerprint density at radius 3 is 2.39 bits per heavy atom. The van der Waals surface area contributed by atoms with E-state index in [4.69, 9.17) is 9.52 Å². The number of carbonyl (C=O) groups is 1. The number of hydrogen-bond acceptors (Lipinski definition) is 4. The molecule has 6 nitrogen and oxygen atoms in total. The van der Waals surface area contributed by atoms with Gasteiger partial charge in [0.15, 0.2) is 0 Å². The van der Waals surface area contributed by atoms with Crippen LogP contribution in [0.4, 0.5) is 0 Å². The van der Waals surface area contributed by atoms with Crippen LogP contribution in [0, 0.1) is 6.92 Å². The highest BCUT2D eigenvalue weighted by molar-refractivity contribution is 7.89. The number of nitrogens with zero attached hydrogens (tertiary/aromatic N) is 1. The fraction of sp³-hybridized carbons (Fsp3) is 0.545. The molecule has 0 spiro atoms. The summed E-state index contributed by atoms with van der Waals surface area (Å²) in [5, 5.41) is 8.79. The Hall–Kier alpha value is -1.34. The van der Waals surface area contributed by atoms with E-state index in [-0.39, 0.29) is 22.5 Å². The van der Waals surface area contributed by atoms with Gasteiger partial charge in [-0.1, -0.05) is 6.92 Å². The quantitative estimate of drug-likeness (QED) is 0.883. The number of carboxylic acids is 1. The number of rotatable bonds is 5. The third kappa shape index (κ3) is 2.56. The smallest absolute Gasteiger partial charge is 0.371 e. The van der Waals surface area contributed by atoms with Gasteiger partial charge in [0.05, 0.1) is 0 Å². The molecule has 1 rings (SSSR count). The second-order valence-electron chi connectivity index (χ2n) is 4.14. The summed E-state index contributed by atoms with van der Waals surface area (Å²) in [4.78, 5) is 10.7. The fourth-order valence-corrected chi connectivity index (χ4v) is 3.57. The van der Waals surface area contributed by atoms with E-state index in [0.717, 1.165) is 6.07 Å². The van der Waals surface area contributed by atoms with Crippen LogP contribution in [-0.2, 0) is 10.0 Å². The van der Waals surface area contributed by atoms with E-state index in [1.54, 1.807) is 20.8 Å². The van der Waals surface area contributed by atoms with Crippen molar-refractivity contribution in [2.75, 3.05) is 6.54 Å². The first-order chi connectivity index (χ1) is 8.21.